The van der Waals surface area contributed by atoms with E-state index in [1.54, 1.807) is 23.5 Å². The van der Waals surface area contributed by atoms with Crippen molar-refractivity contribution in [2.75, 3.05) is 0 Å². The van der Waals surface area contributed by atoms with Gasteiger partial charge in [0.1, 0.15) is 5.82 Å². The molecule has 2 heterocycles. The van der Waals surface area contributed by atoms with Gasteiger partial charge in [0.05, 0.1) is 0 Å². The van der Waals surface area contributed by atoms with Gasteiger partial charge in [-0.25, -0.2) is 4.39 Å². The molecule has 3 aromatic rings. The van der Waals surface area contributed by atoms with Gasteiger partial charge in [-0.15, -0.1) is 21.5 Å². The van der Waals surface area contributed by atoms with E-state index in [4.69, 9.17) is 4.42 Å². The number of thiophene rings is 1. The van der Waals surface area contributed by atoms with Crippen molar-refractivity contribution >= 4 is 11.3 Å². The molecule has 0 bridgehead atoms. The van der Waals surface area contributed by atoms with Crippen LogP contribution >= 0.6 is 11.3 Å². The fourth-order valence-corrected chi connectivity index (χ4v) is 2.31. The maximum atomic E-state index is 13.1. The Bertz CT molecular complexity index is 690. The summed E-state index contributed by atoms with van der Waals surface area (Å²) in [7, 11) is 0. The van der Waals surface area contributed by atoms with Gasteiger partial charge < -0.3 is 4.42 Å². The zero-order chi connectivity index (χ0) is 12.5. The predicted molar refractivity (Wildman–Crippen MR) is 67.7 cm³/mol. The summed E-state index contributed by atoms with van der Waals surface area (Å²) in [6.07, 6.45) is 0. The van der Waals surface area contributed by atoms with E-state index in [-0.39, 0.29) is 5.82 Å². The molecule has 90 valence electrons. The topological polar surface area (TPSA) is 38.9 Å². The van der Waals surface area contributed by atoms with Crippen molar-refractivity contribution in [2.45, 2.75) is 6.92 Å². The zero-order valence-electron chi connectivity index (χ0n) is 9.55. The highest BCUT2D eigenvalue weighted by atomic mass is 32.1. The van der Waals surface area contributed by atoms with Crippen LogP contribution in [0.25, 0.3) is 22.9 Å². The summed E-state index contributed by atoms with van der Waals surface area (Å²) in [6, 6.07) is 8.08. The molecule has 5 heteroatoms. The lowest BCUT2D eigenvalue weighted by molar-refractivity contribution is 0.582. The molecule has 18 heavy (non-hydrogen) atoms. The summed E-state index contributed by atoms with van der Waals surface area (Å²) in [5, 5.41) is 9.86. The van der Waals surface area contributed by atoms with Crippen molar-refractivity contribution in [3.63, 3.8) is 0 Å². The Hall–Kier alpha value is -2.01. The molecule has 0 aliphatic heterocycles. The van der Waals surface area contributed by atoms with Crippen LogP contribution in [-0.4, -0.2) is 10.2 Å². The van der Waals surface area contributed by atoms with E-state index in [0.717, 1.165) is 5.56 Å². The Morgan fingerprint density at radius 3 is 2.56 bits per heavy atom. The van der Waals surface area contributed by atoms with Crippen LogP contribution in [0.3, 0.4) is 0 Å². The second kappa shape index (κ2) is 4.34. The molecule has 0 fully saturated rings. The fourth-order valence-electron chi connectivity index (χ4n) is 1.63. The van der Waals surface area contributed by atoms with Crippen molar-refractivity contribution < 1.29 is 8.81 Å². The van der Waals surface area contributed by atoms with E-state index in [1.165, 1.54) is 17.0 Å². The van der Waals surface area contributed by atoms with Crippen LogP contribution in [0.4, 0.5) is 4.39 Å². The van der Waals surface area contributed by atoms with Crippen molar-refractivity contribution in [3.8, 4) is 22.9 Å². The average molecular weight is 260 g/mol. The molecule has 0 amide bonds. The monoisotopic (exact) mass is 260 g/mol. The molecule has 0 N–H and O–H groups in total. The smallest absolute Gasteiger partial charge is 0.249 e. The Morgan fingerprint density at radius 1 is 1.11 bits per heavy atom. The van der Waals surface area contributed by atoms with Gasteiger partial charge in [0.15, 0.2) is 0 Å². The summed E-state index contributed by atoms with van der Waals surface area (Å²) in [5.74, 6) is 0.464. The van der Waals surface area contributed by atoms with Gasteiger partial charge in [0, 0.05) is 21.4 Å². The predicted octanol–water partition coefficient (Wildman–Crippen LogP) is 3.91. The van der Waals surface area contributed by atoms with E-state index in [0.29, 0.717) is 17.3 Å². The molecule has 0 spiro atoms. The standard InChI is InChI=1S/C13H9FN2OS/c1-8-5-10(7-18-8)13-16-15-12(17-13)9-3-2-4-11(14)6-9/h2-7H,1H3. The van der Waals surface area contributed by atoms with Crippen LogP contribution in [0.5, 0.6) is 0 Å². The van der Waals surface area contributed by atoms with Gasteiger partial charge in [0.25, 0.3) is 0 Å². The quantitative estimate of drug-likeness (QED) is 0.701. The maximum absolute atomic E-state index is 13.1. The summed E-state index contributed by atoms with van der Waals surface area (Å²) >= 11 is 1.62. The van der Waals surface area contributed by atoms with Gasteiger partial charge in [0.2, 0.25) is 11.8 Å². The second-order valence-electron chi connectivity index (χ2n) is 3.87. The number of aromatic nitrogens is 2. The first kappa shape index (κ1) is 11.1. The van der Waals surface area contributed by atoms with Gasteiger partial charge in [-0.3, -0.25) is 0 Å². The first-order chi connectivity index (χ1) is 8.72. The molecule has 0 aliphatic rings. The normalized spacial score (nSPS) is 10.8. The number of aryl methyl sites for hydroxylation is 1. The van der Waals surface area contributed by atoms with Crippen molar-refractivity contribution in [2.24, 2.45) is 0 Å². The molecule has 0 atom stereocenters. The Morgan fingerprint density at radius 2 is 1.89 bits per heavy atom. The molecule has 2 aromatic heterocycles. The van der Waals surface area contributed by atoms with Crippen LogP contribution in [-0.2, 0) is 0 Å². The van der Waals surface area contributed by atoms with E-state index in [9.17, 15) is 4.39 Å². The second-order valence-corrected chi connectivity index (χ2v) is 4.98. The molecule has 0 unspecified atom stereocenters. The minimum absolute atomic E-state index is 0.321. The molecule has 0 radical (unpaired) electrons. The Kier molecular flexibility index (Phi) is 2.68. The molecular weight excluding hydrogens is 251 g/mol. The lowest BCUT2D eigenvalue weighted by Crippen LogP contribution is -1.79. The first-order valence-corrected chi connectivity index (χ1v) is 6.25. The maximum Gasteiger partial charge on any atom is 0.249 e. The highest BCUT2D eigenvalue weighted by Gasteiger charge is 2.11. The number of halogens is 1. The molecule has 0 saturated heterocycles. The van der Waals surface area contributed by atoms with Crippen molar-refractivity contribution in [1.82, 2.24) is 10.2 Å². The molecule has 1 aromatic carbocycles. The highest BCUT2D eigenvalue weighted by Crippen LogP contribution is 2.27. The van der Waals surface area contributed by atoms with E-state index < -0.39 is 0 Å². The molecule has 3 rings (SSSR count). The third kappa shape index (κ3) is 2.04. The third-order valence-corrected chi connectivity index (χ3v) is 3.34. The molecule has 0 saturated carbocycles. The van der Waals surface area contributed by atoms with E-state index in [1.807, 2.05) is 18.4 Å². The van der Waals surface area contributed by atoms with Crippen LogP contribution < -0.4 is 0 Å². The van der Waals surface area contributed by atoms with Crippen LogP contribution in [0, 0.1) is 12.7 Å². The lowest BCUT2D eigenvalue weighted by Gasteiger charge is -1.93. The van der Waals surface area contributed by atoms with Crippen LogP contribution in [0.1, 0.15) is 4.88 Å². The number of hydrogen-bond acceptors (Lipinski definition) is 4. The minimum atomic E-state index is -0.321. The number of rotatable bonds is 2. The fraction of sp³-hybridized carbons (Fsp3) is 0.0769. The van der Waals surface area contributed by atoms with Crippen LogP contribution in [0.2, 0.25) is 0 Å². The highest BCUT2D eigenvalue weighted by molar-refractivity contribution is 7.10. The Balaban J connectivity index is 1.99. The van der Waals surface area contributed by atoms with Crippen molar-refractivity contribution in [1.29, 1.82) is 0 Å². The van der Waals surface area contributed by atoms with E-state index >= 15 is 0 Å². The third-order valence-electron chi connectivity index (χ3n) is 2.47. The zero-order valence-corrected chi connectivity index (χ0v) is 10.4. The summed E-state index contributed by atoms with van der Waals surface area (Å²) in [5.41, 5.74) is 1.48. The lowest BCUT2D eigenvalue weighted by atomic mass is 10.2. The largest absolute Gasteiger partial charge is 0.416 e. The summed E-state index contributed by atoms with van der Waals surface area (Å²) < 4.78 is 18.6. The molecular formula is C13H9FN2OS. The Labute approximate surface area is 107 Å². The molecule has 3 nitrogen and oxygen atoms in total. The molecule has 0 aliphatic carbocycles. The van der Waals surface area contributed by atoms with Crippen LogP contribution in [0.15, 0.2) is 40.1 Å². The van der Waals surface area contributed by atoms with Gasteiger partial charge in [-0.05, 0) is 31.2 Å². The minimum Gasteiger partial charge on any atom is -0.416 e. The number of benzene rings is 1. The van der Waals surface area contributed by atoms with E-state index in [2.05, 4.69) is 10.2 Å². The van der Waals surface area contributed by atoms with Gasteiger partial charge in [-0.2, -0.15) is 0 Å². The average Bonchev–Trinajstić information content (AvgIpc) is 2.97. The first-order valence-electron chi connectivity index (χ1n) is 5.37. The SMILES string of the molecule is Cc1cc(-c2nnc(-c3cccc(F)c3)o2)cs1. The number of hydrogen-bond donors (Lipinski definition) is 0. The summed E-state index contributed by atoms with van der Waals surface area (Å²) in [4.78, 5) is 1.18. The van der Waals surface area contributed by atoms with Gasteiger partial charge in [-0.1, -0.05) is 6.07 Å². The number of nitrogens with zero attached hydrogens (tertiary/aromatic N) is 2. The van der Waals surface area contributed by atoms with Crippen molar-refractivity contribution in [3.05, 3.63) is 46.4 Å². The summed E-state index contributed by atoms with van der Waals surface area (Å²) in [6.45, 7) is 2.01. The van der Waals surface area contributed by atoms with Gasteiger partial charge >= 0.3 is 0 Å².